The van der Waals surface area contributed by atoms with Crippen molar-refractivity contribution >= 4 is 40.6 Å². The third kappa shape index (κ3) is 6.82. The van der Waals surface area contributed by atoms with Gasteiger partial charge in [0.05, 0.1) is 5.69 Å². The molecule has 2 aliphatic rings. The van der Waals surface area contributed by atoms with E-state index in [0.29, 0.717) is 25.9 Å². The molecular formula is C33H41N5O6. The molecule has 11 heteroatoms. The molecule has 3 heterocycles. The normalized spacial score (nSPS) is 16.6. The van der Waals surface area contributed by atoms with Gasteiger partial charge in [0.1, 0.15) is 23.8 Å². The molecule has 0 aliphatic carbocycles. The first-order chi connectivity index (χ1) is 20.8. The van der Waals surface area contributed by atoms with Gasteiger partial charge in [0.15, 0.2) is 0 Å². The Balaban J connectivity index is 1.32. The van der Waals surface area contributed by atoms with Crippen LogP contribution in [0.15, 0.2) is 54.7 Å². The van der Waals surface area contributed by atoms with Gasteiger partial charge in [0.2, 0.25) is 11.8 Å². The van der Waals surface area contributed by atoms with E-state index in [1.165, 1.54) is 0 Å². The molecule has 2 aromatic carbocycles. The first kappa shape index (κ1) is 30.9. The summed E-state index contributed by atoms with van der Waals surface area (Å²) in [4.78, 5) is 59.5. The molecule has 0 bridgehead atoms. The van der Waals surface area contributed by atoms with Crippen molar-refractivity contribution in [3.05, 3.63) is 65.9 Å². The van der Waals surface area contributed by atoms with Gasteiger partial charge in [0, 0.05) is 48.2 Å². The molecule has 4 amide bonds. The quantitative estimate of drug-likeness (QED) is 0.360. The molecule has 3 N–H and O–H groups in total. The molecule has 1 saturated heterocycles. The third-order valence-corrected chi connectivity index (χ3v) is 8.02. The largest absolute Gasteiger partial charge is 0.444 e. The Kier molecular flexibility index (Phi) is 8.58. The number of para-hydroxylation sites is 2. The Morgan fingerprint density at radius 1 is 1.02 bits per heavy atom. The zero-order valence-electron chi connectivity index (χ0n) is 25.9. The van der Waals surface area contributed by atoms with Crippen LogP contribution < -0.4 is 15.5 Å². The highest BCUT2D eigenvalue weighted by Gasteiger charge is 2.39. The van der Waals surface area contributed by atoms with Crippen LogP contribution in [0.5, 0.6) is 0 Å². The number of piperidine rings is 1. The Labute approximate surface area is 257 Å². The molecule has 5 rings (SSSR count). The fourth-order valence-electron chi connectivity index (χ4n) is 5.76. The molecule has 11 nitrogen and oxygen atoms in total. The molecular weight excluding hydrogens is 562 g/mol. The summed E-state index contributed by atoms with van der Waals surface area (Å²) in [5, 5.41) is 6.51. The van der Waals surface area contributed by atoms with Crippen molar-refractivity contribution in [3.8, 4) is 0 Å². The van der Waals surface area contributed by atoms with Crippen molar-refractivity contribution in [3.63, 3.8) is 0 Å². The topological polar surface area (TPSA) is 133 Å². The van der Waals surface area contributed by atoms with Gasteiger partial charge >= 0.3 is 12.2 Å². The number of hydrogen-bond acceptors (Lipinski definition) is 6. The molecule has 2 aliphatic heterocycles. The number of alkyl carbamates (subject to hydrolysis) is 1. The average Bonchev–Trinajstić information content (AvgIpc) is 3.38. The fourth-order valence-corrected chi connectivity index (χ4v) is 5.76. The maximum absolute atomic E-state index is 14.1. The predicted octanol–water partition coefficient (Wildman–Crippen LogP) is 4.65. The monoisotopic (exact) mass is 603 g/mol. The summed E-state index contributed by atoms with van der Waals surface area (Å²) in [5.41, 5.74) is 1.54. The SMILES string of the molecule is CC(C)(C)OC(=O)NC(C)(C)C(=O)N[C@H](Cc1c[nH]c2ccccc12)C(=O)N1CCC(N2C(=O)OCc3ccccc32)CC1. The van der Waals surface area contributed by atoms with E-state index >= 15 is 0 Å². The summed E-state index contributed by atoms with van der Waals surface area (Å²) < 4.78 is 10.8. The van der Waals surface area contributed by atoms with E-state index in [9.17, 15) is 19.2 Å². The van der Waals surface area contributed by atoms with Gasteiger partial charge in [-0.05, 0) is 65.2 Å². The van der Waals surface area contributed by atoms with Crippen LogP contribution >= 0.6 is 0 Å². The van der Waals surface area contributed by atoms with Crippen molar-refractivity contribution < 1.29 is 28.7 Å². The number of anilines is 1. The van der Waals surface area contributed by atoms with E-state index in [2.05, 4.69) is 15.6 Å². The Morgan fingerprint density at radius 2 is 1.70 bits per heavy atom. The minimum Gasteiger partial charge on any atom is -0.444 e. The number of ether oxygens (including phenoxy) is 2. The van der Waals surface area contributed by atoms with Crippen molar-refractivity contribution in [2.75, 3.05) is 18.0 Å². The molecule has 3 aromatic rings. The Morgan fingerprint density at radius 3 is 2.43 bits per heavy atom. The van der Waals surface area contributed by atoms with Crippen LogP contribution in [0.2, 0.25) is 0 Å². The number of aromatic nitrogens is 1. The number of nitrogens with one attached hydrogen (secondary N) is 3. The van der Waals surface area contributed by atoms with Gasteiger partial charge in [0.25, 0.3) is 0 Å². The van der Waals surface area contributed by atoms with Crippen LogP contribution in [-0.2, 0) is 32.1 Å². The second kappa shape index (κ2) is 12.2. The lowest BCUT2D eigenvalue weighted by molar-refractivity contribution is -0.138. The smallest absolute Gasteiger partial charge is 0.414 e. The number of rotatable bonds is 7. The first-order valence-electron chi connectivity index (χ1n) is 15.0. The lowest BCUT2D eigenvalue weighted by atomic mass is 9.97. The number of hydrogen-bond donors (Lipinski definition) is 3. The van der Waals surface area contributed by atoms with Crippen LogP contribution in [0.1, 0.15) is 58.6 Å². The van der Waals surface area contributed by atoms with Gasteiger partial charge in [-0.25, -0.2) is 9.59 Å². The molecule has 1 fully saturated rings. The van der Waals surface area contributed by atoms with E-state index in [1.807, 2.05) is 54.7 Å². The van der Waals surface area contributed by atoms with Crippen LogP contribution in [-0.4, -0.2) is 70.2 Å². The second-order valence-corrected chi connectivity index (χ2v) is 13.0. The van der Waals surface area contributed by atoms with Crippen LogP contribution in [0, 0.1) is 0 Å². The van der Waals surface area contributed by atoms with Gasteiger partial charge < -0.3 is 30.0 Å². The standard InChI is InChI=1S/C33H41N5O6/c1-32(2,3)44-30(41)36-33(4,5)29(40)35-26(18-22-19-34-25-12-8-7-11-24(22)25)28(39)37-16-14-23(15-17-37)38-27-13-9-6-10-21(27)20-43-31(38)42/h6-13,19,23,26,34H,14-18,20H2,1-5H3,(H,35,40)(H,36,41)/t26-/m1/s1. The maximum atomic E-state index is 14.1. The number of fused-ring (bicyclic) bond motifs is 2. The second-order valence-electron chi connectivity index (χ2n) is 13.0. The minimum atomic E-state index is -1.35. The predicted molar refractivity (Wildman–Crippen MR) is 166 cm³/mol. The first-order valence-corrected chi connectivity index (χ1v) is 15.0. The van der Waals surface area contributed by atoms with Gasteiger partial charge in [-0.1, -0.05) is 36.4 Å². The Hall–Kier alpha value is -4.54. The number of nitrogens with zero attached hydrogens (tertiary/aromatic N) is 2. The summed E-state index contributed by atoms with van der Waals surface area (Å²) in [6.07, 6.45) is 2.13. The molecule has 234 valence electrons. The van der Waals surface area contributed by atoms with Gasteiger partial charge in [-0.3, -0.25) is 14.5 Å². The number of carbonyl (C=O) groups is 4. The van der Waals surface area contributed by atoms with Crippen molar-refractivity contribution in [2.45, 2.75) is 83.7 Å². The van der Waals surface area contributed by atoms with E-state index < -0.39 is 29.2 Å². The number of likely N-dealkylation sites (tertiary alicyclic amines) is 1. The van der Waals surface area contributed by atoms with Crippen molar-refractivity contribution in [1.29, 1.82) is 0 Å². The number of amides is 4. The lowest BCUT2D eigenvalue weighted by Gasteiger charge is -2.41. The third-order valence-electron chi connectivity index (χ3n) is 8.02. The molecule has 1 aromatic heterocycles. The van der Waals surface area contributed by atoms with Gasteiger partial charge in [-0.2, -0.15) is 0 Å². The van der Waals surface area contributed by atoms with Crippen LogP contribution in [0.25, 0.3) is 10.9 Å². The summed E-state index contributed by atoms with van der Waals surface area (Å²) in [6, 6.07) is 14.5. The summed E-state index contributed by atoms with van der Waals surface area (Å²) >= 11 is 0. The summed E-state index contributed by atoms with van der Waals surface area (Å²) in [6.45, 7) is 9.44. The molecule has 44 heavy (non-hydrogen) atoms. The number of benzene rings is 2. The minimum absolute atomic E-state index is 0.119. The van der Waals surface area contributed by atoms with Crippen molar-refractivity contribution in [2.24, 2.45) is 0 Å². The molecule has 0 spiro atoms. The number of H-pyrrole nitrogens is 1. The molecule has 0 radical (unpaired) electrons. The summed E-state index contributed by atoms with van der Waals surface area (Å²) in [7, 11) is 0. The van der Waals surface area contributed by atoms with Gasteiger partial charge in [-0.15, -0.1) is 0 Å². The van der Waals surface area contributed by atoms with Crippen molar-refractivity contribution in [1.82, 2.24) is 20.5 Å². The molecule has 0 saturated carbocycles. The lowest BCUT2D eigenvalue weighted by Crippen LogP contribution is -2.61. The number of carbonyl (C=O) groups excluding carboxylic acids is 4. The fraction of sp³-hybridized carbons (Fsp3) is 0.455. The van der Waals surface area contributed by atoms with E-state index in [-0.39, 0.29) is 31.1 Å². The highest BCUT2D eigenvalue weighted by atomic mass is 16.6. The number of aromatic amines is 1. The average molecular weight is 604 g/mol. The Bertz CT molecular complexity index is 1550. The zero-order chi connectivity index (χ0) is 31.6. The van der Waals surface area contributed by atoms with E-state index in [4.69, 9.17) is 9.47 Å². The maximum Gasteiger partial charge on any atom is 0.414 e. The molecule has 1 atom stereocenters. The van der Waals surface area contributed by atoms with E-state index in [1.54, 1.807) is 44.4 Å². The van der Waals surface area contributed by atoms with Crippen LogP contribution in [0.4, 0.5) is 15.3 Å². The van der Waals surface area contributed by atoms with Crippen LogP contribution in [0.3, 0.4) is 0 Å². The highest BCUT2D eigenvalue weighted by molar-refractivity contribution is 5.95. The zero-order valence-corrected chi connectivity index (χ0v) is 25.9. The summed E-state index contributed by atoms with van der Waals surface area (Å²) in [5.74, 6) is -0.735. The number of cyclic esters (lactones) is 1. The molecule has 0 unspecified atom stereocenters. The highest BCUT2D eigenvalue weighted by Crippen LogP contribution is 2.32. The van der Waals surface area contributed by atoms with E-state index in [0.717, 1.165) is 27.7 Å².